The normalized spacial score (nSPS) is 15.0. The Kier molecular flexibility index (Phi) is 4.06. The number of rotatable bonds is 3. The zero-order valence-electron chi connectivity index (χ0n) is 15.7. The quantitative estimate of drug-likeness (QED) is 0.685. The SMILES string of the molecule is CC(C)(C)c1ccc2[nH]c(C(=O)NCc3ccc4c(c3)OC(F)(F)O4)cc2c1. The first-order valence-corrected chi connectivity index (χ1v) is 8.91. The lowest BCUT2D eigenvalue weighted by Gasteiger charge is -2.18. The Morgan fingerprint density at radius 1 is 1.07 bits per heavy atom. The maximum atomic E-state index is 13.1. The van der Waals surface area contributed by atoms with Crippen LogP contribution in [-0.2, 0) is 12.0 Å². The van der Waals surface area contributed by atoms with E-state index in [9.17, 15) is 13.6 Å². The summed E-state index contributed by atoms with van der Waals surface area (Å²) >= 11 is 0. The molecule has 1 aliphatic rings. The molecule has 28 heavy (non-hydrogen) atoms. The van der Waals surface area contributed by atoms with Gasteiger partial charge in [0.15, 0.2) is 11.5 Å². The summed E-state index contributed by atoms with van der Waals surface area (Å²) in [5.41, 5.74) is 3.14. The van der Waals surface area contributed by atoms with Crippen LogP contribution in [0.3, 0.4) is 0 Å². The van der Waals surface area contributed by atoms with Crippen LogP contribution in [0.15, 0.2) is 42.5 Å². The minimum absolute atomic E-state index is 0.0179. The van der Waals surface area contributed by atoms with E-state index in [2.05, 4.69) is 46.6 Å². The summed E-state index contributed by atoms with van der Waals surface area (Å²) in [6.45, 7) is 6.57. The largest absolute Gasteiger partial charge is 0.586 e. The average Bonchev–Trinajstić information content (AvgIpc) is 3.16. The van der Waals surface area contributed by atoms with Crippen LogP contribution >= 0.6 is 0 Å². The van der Waals surface area contributed by atoms with Crippen LogP contribution in [0.4, 0.5) is 8.78 Å². The number of benzene rings is 2. The van der Waals surface area contributed by atoms with Gasteiger partial charge in [0.1, 0.15) is 5.69 Å². The highest BCUT2D eigenvalue weighted by Gasteiger charge is 2.43. The predicted octanol–water partition coefficient (Wildman–Crippen LogP) is 4.72. The second-order valence-electron chi connectivity index (χ2n) is 7.87. The molecule has 1 aromatic heterocycles. The average molecular weight is 386 g/mol. The fourth-order valence-corrected chi connectivity index (χ4v) is 3.10. The fourth-order valence-electron chi connectivity index (χ4n) is 3.10. The summed E-state index contributed by atoms with van der Waals surface area (Å²) in [5, 5.41) is 3.74. The van der Waals surface area contributed by atoms with Crippen molar-refractivity contribution in [2.24, 2.45) is 0 Å². The molecule has 0 spiro atoms. The van der Waals surface area contributed by atoms with E-state index in [1.54, 1.807) is 12.1 Å². The van der Waals surface area contributed by atoms with E-state index in [1.165, 1.54) is 17.7 Å². The molecule has 2 N–H and O–H groups in total. The molecule has 0 fully saturated rings. The molecule has 0 saturated heterocycles. The molecule has 146 valence electrons. The molecule has 7 heteroatoms. The first kappa shape index (κ1) is 18.3. The molecule has 0 aliphatic carbocycles. The third-order valence-corrected chi connectivity index (χ3v) is 4.65. The van der Waals surface area contributed by atoms with Crippen LogP contribution in [0.25, 0.3) is 10.9 Å². The molecular weight excluding hydrogens is 366 g/mol. The molecule has 0 saturated carbocycles. The van der Waals surface area contributed by atoms with Crippen molar-refractivity contribution in [2.45, 2.75) is 39.0 Å². The third-order valence-electron chi connectivity index (χ3n) is 4.65. The number of carbonyl (C=O) groups excluding carboxylic acids is 1. The number of carbonyl (C=O) groups is 1. The molecule has 2 heterocycles. The van der Waals surface area contributed by atoms with Crippen molar-refractivity contribution < 1.29 is 23.0 Å². The highest BCUT2D eigenvalue weighted by molar-refractivity contribution is 5.98. The molecule has 5 nitrogen and oxygen atoms in total. The smallest absolute Gasteiger partial charge is 0.395 e. The van der Waals surface area contributed by atoms with E-state index in [0.717, 1.165) is 10.9 Å². The van der Waals surface area contributed by atoms with E-state index in [-0.39, 0.29) is 29.4 Å². The molecule has 2 aromatic carbocycles. The lowest BCUT2D eigenvalue weighted by Crippen LogP contribution is -2.26. The van der Waals surface area contributed by atoms with Gasteiger partial charge in [0.2, 0.25) is 0 Å². The molecular formula is C21H20F2N2O3. The minimum atomic E-state index is -3.65. The van der Waals surface area contributed by atoms with Gasteiger partial charge in [-0.25, -0.2) is 0 Å². The number of amides is 1. The van der Waals surface area contributed by atoms with E-state index < -0.39 is 6.29 Å². The van der Waals surface area contributed by atoms with Gasteiger partial charge in [-0.15, -0.1) is 8.78 Å². The highest BCUT2D eigenvalue weighted by Crippen LogP contribution is 2.41. The topological polar surface area (TPSA) is 63.4 Å². The van der Waals surface area contributed by atoms with Crippen LogP contribution in [0.5, 0.6) is 11.5 Å². The monoisotopic (exact) mass is 386 g/mol. The van der Waals surface area contributed by atoms with Gasteiger partial charge in [-0.3, -0.25) is 4.79 Å². The number of aromatic nitrogens is 1. The summed E-state index contributed by atoms with van der Waals surface area (Å²) < 4.78 is 35.0. The van der Waals surface area contributed by atoms with Gasteiger partial charge in [0.05, 0.1) is 0 Å². The number of ether oxygens (including phenoxy) is 2. The highest BCUT2D eigenvalue weighted by atomic mass is 19.3. The Balaban J connectivity index is 1.47. The second kappa shape index (κ2) is 6.22. The van der Waals surface area contributed by atoms with Crippen molar-refractivity contribution in [3.8, 4) is 11.5 Å². The van der Waals surface area contributed by atoms with Gasteiger partial charge in [0, 0.05) is 17.4 Å². The first-order chi connectivity index (χ1) is 13.1. The maximum Gasteiger partial charge on any atom is 0.586 e. The molecule has 4 rings (SSSR count). The van der Waals surface area contributed by atoms with Crippen molar-refractivity contribution >= 4 is 16.8 Å². The van der Waals surface area contributed by atoms with Gasteiger partial charge >= 0.3 is 6.29 Å². The molecule has 3 aromatic rings. The van der Waals surface area contributed by atoms with Crippen LogP contribution in [0.2, 0.25) is 0 Å². The van der Waals surface area contributed by atoms with E-state index in [4.69, 9.17) is 0 Å². The van der Waals surface area contributed by atoms with Crippen molar-refractivity contribution in [1.82, 2.24) is 10.3 Å². The van der Waals surface area contributed by atoms with Crippen LogP contribution < -0.4 is 14.8 Å². The van der Waals surface area contributed by atoms with Crippen LogP contribution in [0, 0.1) is 0 Å². The molecule has 0 unspecified atom stereocenters. The van der Waals surface area contributed by atoms with Gasteiger partial charge in [0.25, 0.3) is 5.91 Å². The Morgan fingerprint density at radius 3 is 2.57 bits per heavy atom. The molecule has 0 bridgehead atoms. The van der Waals surface area contributed by atoms with Gasteiger partial charge in [-0.1, -0.05) is 32.9 Å². The number of hydrogen-bond donors (Lipinski definition) is 2. The summed E-state index contributed by atoms with van der Waals surface area (Å²) in [7, 11) is 0. The van der Waals surface area contributed by atoms with Crippen molar-refractivity contribution in [3.63, 3.8) is 0 Å². The summed E-state index contributed by atoms with van der Waals surface area (Å²) in [4.78, 5) is 15.6. The number of hydrogen-bond acceptors (Lipinski definition) is 3. The molecule has 0 radical (unpaired) electrons. The summed E-state index contributed by atoms with van der Waals surface area (Å²) in [6.07, 6.45) is -3.65. The molecule has 1 amide bonds. The van der Waals surface area contributed by atoms with Crippen molar-refractivity contribution in [3.05, 3.63) is 59.3 Å². The number of halogens is 2. The number of alkyl halides is 2. The van der Waals surface area contributed by atoms with Gasteiger partial charge in [-0.05, 0) is 46.9 Å². The molecule has 1 aliphatic heterocycles. The lowest BCUT2D eigenvalue weighted by atomic mass is 9.86. The minimum Gasteiger partial charge on any atom is -0.395 e. The number of H-pyrrole nitrogens is 1. The molecule has 0 atom stereocenters. The Bertz CT molecular complexity index is 1070. The van der Waals surface area contributed by atoms with Crippen LogP contribution in [-0.4, -0.2) is 17.2 Å². The Morgan fingerprint density at radius 2 is 1.82 bits per heavy atom. The fraction of sp³-hybridized carbons (Fsp3) is 0.286. The number of aromatic amines is 1. The maximum absolute atomic E-state index is 13.1. The number of fused-ring (bicyclic) bond motifs is 2. The van der Waals surface area contributed by atoms with Gasteiger partial charge < -0.3 is 19.8 Å². The number of nitrogens with one attached hydrogen (secondary N) is 2. The first-order valence-electron chi connectivity index (χ1n) is 8.91. The Labute approximate surface area is 160 Å². The zero-order chi connectivity index (χ0) is 20.1. The van der Waals surface area contributed by atoms with E-state index in [1.807, 2.05) is 12.1 Å². The van der Waals surface area contributed by atoms with Crippen molar-refractivity contribution in [1.29, 1.82) is 0 Å². The third kappa shape index (κ3) is 3.52. The van der Waals surface area contributed by atoms with E-state index >= 15 is 0 Å². The summed E-state index contributed by atoms with van der Waals surface area (Å²) in [6, 6.07) is 12.3. The predicted molar refractivity (Wildman–Crippen MR) is 101 cm³/mol. The summed E-state index contributed by atoms with van der Waals surface area (Å²) in [5.74, 6) is -0.348. The Hall–Kier alpha value is -3.09. The lowest BCUT2D eigenvalue weighted by molar-refractivity contribution is -0.286. The van der Waals surface area contributed by atoms with Crippen LogP contribution in [0.1, 0.15) is 42.4 Å². The second-order valence-corrected chi connectivity index (χ2v) is 7.87. The van der Waals surface area contributed by atoms with Crippen molar-refractivity contribution in [2.75, 3.05) is 0 Å². The standard InChI is InChI=1S/C21H20F2N2O3/c1-20(2,3)14-5-6-15-13(9-14)10-16(25-15)19(26)24-11-12-4-7-17-18(8-12)28-21(22,23)27-17/h4-10,25H,11H2,1-3H3,(H,24,26). The van der Waals surface area contributed by atoms with Gasteiger partial charge in [-0.2, -0.15) is 0 Å². The van der Waals surface area contributed by atoms with E-state index in [0.29, 0.717) is 11.3 Å². The zero-order valence-corrected chi connectivity index (χ0v) is 15.7.